The third kappa shape index (κ3) is 4.08. The Morgan fingerprint density at radius 3 is 2.50 bits per heavy atom. The van der Waals surface area contributed by atoms with Gasteiger partial charge in [-0.25, -0.2) is 4.39 Å². The maximum absolute atomic E-state index is 13.8. The summed E-state index contributed by atoms with van der Waals surface area (Å²) in [5, 5.41) is 0. The molecule has 0 aliphatic rings. The summed E-state index contributed by atoms with van der Waals surface area (Å²) >= 11 is 5.05. The third-order valence-corrected chi connectivity index (χ3v) is 4.46. The van der Waals surface area contributed by atoms with Crippen molar-refractivity contribution in [3.05, 3.63) is 63.9 Å². The highest BCUT2D eigenvalue weighted by Gasteiger charge is 2.10. The summed E-state index contributed by atoms with van der Waals surface area (Å²) in [5.74, 6) is 0.836. The van der Waals surface area contributed by atoms with E-state index in [4.69, 9.17) is 5.73 Å². The lowest BCUT2D eigenvalue weighted by Crippen LogP contribution is -2.14. The van der Waals surface area contributed by atoms with Crippen molar-refractivity contribution in [3.8, 4) is 0 Å². The lowest BCUT2D eigenvalue weighted by Gasteiger charge is -2.13. The SMILES string of the molecule is CCSc1ccc(C(N)Cc2ccc(Br)cc2F)cc1. The first-order chi connectivity index (χ1) is 9.60. The molecular formula is C16H17BrFNS. The Bertz CT molecular complexity index is 571. The fourth-order valence-electron chi connectivity index (χ4n) is 2.02. The van der Waals surface area contributed by atoms with E-state index in [0.29, 0.717) is 12.0 Å². The van der Waals surface area contributed by atoms with E-state index >= 15 is 0 Å². The van der Waals surface area contributed by atoms with Crippen LogP contribution in [0.4, 0.5) is 4.39 Å². The molecule has 0 radical (unpaired) electrons. The van der Waals surface area contributed by atoms with Crippen LogP contribution < -0.4 is 5.73 Å². The van der Waals surface area contributed by atoms with Gasteiger partial charge in [0.25, 0.3) is 0 Å². The van der Waals surface area contributed by atoms with Crippen LogP contribution in [0.25, 0.3) is 0 Å². The van der Waals surface area contributed by atoms with Crippen molar-refractivity contribution >= 4 is 27.7 Å². The van der Waals surface area contributed by atoms with Gasteiger partial charge in [-0.1, -0.05) is 41.1 Å². The fraction of sp³-hybridized carbons (Fsp3) is 0.250. The van der Waals surface area contributed by atoms with Gasteiger partial charge in [0, 0.05) is 15.4 Å². The summed E-state index contributed by atoms with van der Waals surface area (Å²) in [7, 11) is 0. The number of rotatable bonds is 5. The zero-order chi connectivity index (χ0) is 14.5. The van der Waals surface area contributed by atoms with E-state index in [-0.39, 0.29) is 11.9 Å². The van der Waals surface area contributed by atoms with Crippen molar-refractivity contribution in [2.24, 2.45) is 5.73 Å². The van der Waals surface area contributed by atoms with Crippen LogP contribution in [0.2, 0.25) is 0 Å². The van der Waals surface area contributed by atoms with Crippen LogP contribution in [0, 0.1) is 5.82 Å². The predicted octanol–water partition coefficient (Wildman–Crippen LogP) is 4.94. The average Bonchev–Trinajstić information content (AvgIpc) is 2.43. The van der Waals surface area contributed by atoms with Crippen molar-refractivity contribution in [2.75, 3.05) is 5.75 Å². The summed E-state index contributed by atoms with van der Waals surface area (Å²) in [4.78, 5) is 1.23. The van der Waals surface area contributed by atoms with E-state index in [1.807, 2.05) is 18.2 Å². The summed E-state index contributed by atoms with van der Waals surface area (Å²) in [6, 6.07) is 13.1. The molecule has 0 heterocycles. The van der Waals surface area contributed by atoms with E-state index < -0.39 is 0 Å². The smallest absolute Gasteiger partial charge is 0.127 e. The fourth-order valence-corrected chi connectivity index (χ4v) is 3.01. The minimum Gasteiger partial charge on any atom is -0.324 e. The molecular weight excluding hydrogens is 337 g/mol. The lowest BCUT2D eigenvalue weighted by atomic mass is 9.99. The second-order valence-electron chi connectivity index (χ2n) is 4.55. The highest BCUT2D eigenvalue weighted by atomic mass is 79.9. The maximum atomic E-state index is 13.8. The Morgan fingerprint density at radius 2 is 1.90 bits per heavy atom. The van der Waals surface area contributed by atoms with Crippen LogP contribution in [0.5, 0.6) is 0 Å². The number of nitrogens with two attached hydrogens (primary N) is 1. The molecule has 0 saturated carbocycles. The number of halogens is 2. The molecule has 1 atom stereocenters. The molecule has 1 unspecified atom stereocenters. The molecule has 20 heavy (non-hydrogen) atoms. The molecule has 106 valence electrons. The first-order valence-corrected chi connectivity index (χ1v) is 8.30. The van der Waals surface area contributed by atoms with Crippen LogP contribution in [-0.4, -0.2) is 5.75 Å². The van der Waals surface area contributed by atoms with Crippen molar-refractivity contribution in [2.45, 2.75) is 24.3 Å². The minimum absolute atomic E-state index is 0.189. The molecule has 2 N–H and O–H groups in total. The molecule has 0 aliphatic carbocycles. The van der Waals surface area contributed by atoms with Crippen LogP contribution in [-0.2, 0) is 6.42 Å². The van der Waals surface area contributed by atoms with Gasteiger partial charge in [0.05, 0.1) is 0 Å². The van der Waals surface area contributed by atoms with Gasteiger partial charge < -0.3 is 5.73 Å². The van der Waals surface area contributed by atoms with Gasteiger partial charge in [-0.05, 0) is 47.6 Å². The van der Waals surface area contributed by atoms with Crippen LogP contribution >= 0.6 is 27.7 Å². The molecule has 1 nitrogen and oxygen atoms in total. The summed E-state index contributed by atoms with van der Waals surface area (Å²) < 4.78 is 14.5. The number of hydrogen-bond donors (Lipinski definition) is 1. The van der Waals surface area contributed by atoms with Crippen LogP contribution in [0.3, 0.4) is 0 Å². The highest BCUT2D eigenvalue weighted by Crippen LogP contribution is 2.23. The van der Waals surface area contributed by atoms with E-state index in [1.165, 1.54) is 11.0 Å². The standard InChI is InChI=1S/C16H17BrFNS/c1-2-20-14-7-4-11(5-8-14)16(19)9-12-3-6-13(17)10-15(12)18/h3-8,10,16H,2,9,19H2,1H3. The summed E-state index contributed by atoms with van der Waals surface area (Å²) in [6.07, 6.45) is 0.499. The molecule has 2 aromatic carbocycles. The van der Waals surface area contributed by atoms with Crippen molar-refractivity contribution < 1.29 is 4.39 Å². The van der Waals surface area contributed by atoms with Crippen molar-refractivity contribution in [1.82, 2.24) is 0 Å². The van der Waals surface area contributed by atoms with E-state index in [0.717, 1.165) is 15.8 Å². The second kappa shape index (κ2) is 7.25. The largest absolute Gasteiger partial charge is 0.324 e. The van der Waals surface area contributed by atoms with Crippen LogP contribution in [0.15, 0.2) is 51.8 Å². The van der Waals surface area contributed by atoms with Gasteiger partial charge in [-0.15, -0.1) is 11.8 Å². The molecule has 0 aromatic heterocycles. The molecule has 0 amide bonds. The Hall–Kier alpha value is -0.840. The lowest BCUT2D eigenvalue weighted by molar-refractivity contribution is 0.592. The molecule has 4 heteroatoms. The minimum atomic E-state index is -0.215. The molecule has 0 bridgehead atoms. The van der Waals surface area contributed by atoms with Crippen molar-refractivity contribution in [3.63, 3.8) is 0 Å². The van der Waals surface area contributed by atoms with Crippen LogP contribution in [0.1, 0.15) is 24.1 Å². The van der Waals surface area contributed by atoms with Gasteiger partial charge in [0.15, 0.2) is 0 Å². The quantitative estimate of drug-likeness (QED) is 0.770. The molecule has 0 fully saturated rings. The number of thioether (sulfide) groups is 1. The summed E-state index contributed by atoms with van der Waals surface area (Å²) in [6.45, 7) is 2.13. The van der Waals surface area contributed by atoms with Gasteiger partial charge in [-0.2, -0.15) is 0 Å². The Kier molecular flexibility index (Phi) is 5.64. The molecule has 0 spiro atoms. The number of hydrogen-bond acceptors (Lipinski definition) is 2. The molecule has 0 saturated heterocycles. The van der Waals surface area contributed by atoms with E-state index in [1.54, 1.807) is 17.8 Å². The Morgan fingerprint density at radius 1 is 1.20 bits per heavy atom. The topological polar surface area (TPSA) is 26.0 Å². The zero-order valence-electron chi connectivity index (χ0n) is 11.3. The Balaban J connectivity index is 2.09. The van der Waals surface area contributed by atoms with Gasteiger partial charge in [-0.3, -0.25) is 0 Å². The van der Waals surface area contributed by atoms with Crippen molar-refractivity contribution in [1.29, 1.82) is 0 Å². The van der Waals surface area contributed by atoms with Gasteiger partial charge in [0.1, 0.15) is 5.82 Å². The highest BCUT2D eigenvalue weighted by molar-refractivity contribution is 9.10. The van der Waals surface area contributed by atoms with Gasteiger partial charge in [0.2, 0.25) is 0 Å². The molecule has 0 aliphatic heterocycles. The molecule has 2 aromatic rings. The first-order valence-electron chi connectivity index (χ1n) is 6.52. The van der Waals surface area contributed by atoms with Gasteiger partial charge >= 0.3 is 0 Å². The zero-order valence-corrected chi connectivity index (χ0v) is 13.7. The van der Waals surface area contributed by atoms with E-state index in [9.17, 15) is 4.39 Å². The molecule has 2 rings (SSSR count). The second-order valence-corrected chi connectivity index (χ2v) is 6.80. The monoisotopic (exact) mass is 353 g/mol. The predicted molar refractivity (Wildman–Crippen MR) is 87.6 cm³/mol. The normalized spacial score (nSPS) is 12.4. The van der Waals surface area contributed by atoms with E-state index in [2.05, 4.69) is 35.0 Å². The third-order valence-electron chi connectivity index (χ3n) is 3.07. The Labute approximate surface area is 131 Å². The average molecular weight is 354 g/mol. The summed E-state index contributed by atoms with van der Waals surface area (Å²) in [5.41, 5.74) is 7.85. The number of benzene rings is 2. The first kappa shape index (κ1) is 15.5. The maximum Gasteiger partial charge on any atom is 0.127 e.